The van der Waals surface area contributed by atoms with Gasteiger partial charge >= 0.3 is 0 Å². The van der Waals surface area contributed by atoms with Crippen molar-refractivity contribution >= 4 is 5.91 Å². The highest BCUT2D eigenvalue weighted by molar-refractivity contribution is 5.75. The van der Waals surface area contributed by atoms with Gasteiger partial charge in [-0.05, 0) is 5.92 Å². The Labute approximate surface area is 109 Å². The van der Waals surface area contributed by atoms with Crippen LogP contribution in [0.15, 0.2) is 0 Å². The molecule has 6 nitrogen and oxygen atoms in total. The first-order chi connectivity index (χ1) is 8.70. The first-order valence-corrected chi connectivity index (χ1v) is 6.44. The summed E-state index contributed by atoms with van der Waals surface area (Å²) in [4.78, 5) is 15.7. The van der Waals surface area contributed by atoms with Crippen LogP contribution in [0.2, 0.25) is 0 Å². The van der Waals surface area contributed by atoms with Gasteiger partial charge in [-0.15, -0.1) is 0 Å². The predicted octanol–water partition coefficient (Wildman–Crippen LogP) is 0.462. The van der Waals surface area contributed by atoms with Crippen molar-refractivity contribution in [2.24, 2.45) is 11.8 Å². The normalized spacial score (nSPS) is 12.4. The third-order valence-electron chi connectivity index (χ3n) is 2.54. The minimum absolute atomic E-state index is 0.0350. The molecule has 0 heterocycles. The van der Waals surface area contributed by atoms with Gasteiger partial charge in [-0.2, -0.15) is 0 Å². The van der Waals surface area contributed by atoms with Crippen molar-refractivity contribution in [3.05, 3.63) is 0 Å². The van der Waals surface area contributed by atoms with Gasteiger partial charge in [0.15, 0.2) is 0 Å². The fraction of sp³-hybridized carbons (Fsp3) is 0.917. The Morgan fingerprint density at radius 1 is 1.17 bits per heavy atom. The van der Waals surface area contributed by atoms with E-state index in [0.29, 0.717) is 45.4 Å². The first-order valence-electron chi connectivity index (χ1n) is 6.44. The molecule has 0 bridgehead atoms. The van der Waals surface area contributed by atoms with Gasteiger partial charge in [-0.3, -0.25) is 4.79 Å². The summed E-state index contributed by atoms with van der Waals surface area (Å²) < 4.78 is 10.4. The molecule has 1 unspecified atom stereocenters. The van der Waals surface area contributed by atoms with E-state index in [0.717, 1.165) is 13.0 Å². The largest absolute Gasteiger partial charge is 0.379 e. The quantitative estimate of drug-likeness (QED) is 0.394. The van der Waals surface area contributed by atoms with Crippen molar-refractivity contribution in [3.8, 4) is 0 Å². The summed E-state index contributed by atoms with van der Waals surface area (Å²) in [6.45, 7) is 7.16. The summed E-state index contributed by atoms with van der Waals surface area (Å²) >= 11 is 0. The van der Waals surface area contributed by atoms with Crippen molar-refractivity contribution in [3.63, 3.8) is 0 Å². The first kappa shape index (κ1) is 17.3. The molecule has 0 rings (SSSR count). The topological polar surface area (TPSA) is 82.8 Å². The maximum atomic E-state index is 11.4. The molecule has 0 aromatic rings. The molecule has 0 aromatic carbocycles. The summed E-state index contributed by atoms with van der Waals surface area (Å²) in [5.74, 6) is 5.38. The van der Waals surface area contributed by atoms with Crippen LogP contribution in [0.25, 0.3) is 0 Å². The zero-order valence-corrected chi connectivity index (χ0v) is 11.4. The van der Waals surface area contributed by atoms with Gasteiger partial charge in [0.1, 0.15) is 0 Å². The number of hydrogen-bond donors (Lipinski definition) is 2. The summed E-state index contributed by atoms with van der Waals surface area (Å²) in [7, 11) is 0. The Bertz CT molecular complexity index is 203. The number of rotatable bonds is 12. The van der Waals surface area contributed by atoms with E-state index in [4.69, 9.17) is 15.4 Å². The van der Waals surface area contributed by atoms with Crippen molar-refractivity contribution in [1.82, 2.24) is 5.32 Å². The molecule has 1 amide bonds. The zero-order chi connectivity index (χ0) is 13.6. The molecule has 1 atom stereocenters. The second-order valence-corrected chi connectivity index (χ2v) is 4.16. The van der Waals surface area contributed by atoms with Crippen LogP contribution in [-0.2, 0) is 19.1 Å². The molecular weight excluding hydrogens is 236 g/mol. The maximum absolute atomic E-state index is 11.4. The van der Waals surface area contributed by atoms with Crippen LogP contribution in [0.5, 0.6) is 0 Å². The highest BCUT2D eigenvalue weighted by Gasteiger charge is 2.03. The Morgan fingerprint density at radius 3 is 2.39 bits per heavy atom. The number of ether oxygens (including phenoxy) is 2. The molecule has 108 valence electrons. The van der Waals surface area contributed by atoms with Gasteiger partial charge in [0.05, 0.1) is 33.0 Å². The van der Waals surface area contributed by atoms with E-state index in [1.165, 1.54) is 0 Å². The molecule has 0 aliphatic rings. The number of carbonyl (C=O) groups is 1. The summed E-state index contributed by atoms with van der Waals surface area (Å²) in [6.07, 6.45) is 1.46. The Morgan fingerprint density at radius 2 is 1.78 bits per heavy atom. The molecule has 0 fully saturated rings. The van der Waals surface area contributed by atoms with Crippen LogP contribution in [0.1, 0.15) is 26.7 Å². The van der Waals surface area contributed by atoms with Gasteiger partial charge in [0.25, 0.3) is 0 Å². The highest BCUT2D eigenvalue weighted by atomic mass is 16.6. The highest BCUT2D eigenvalue weighted by Crippen LogP contribution is 1.97. The second kappa shape index (κ2) is 12.8. The van der Waals surface area contributed by atoms with E-state index >= 15 is 0 Å². The number of nitrogens with two attached hydrogens (primary N) is 1. The van der Waals surface area contributed by atoms with Gasteiger partial charge < -0.3 is 19.6 Å². The van der Waals surface area contributed by atoms with Crippen LogP contribution >= 0.6 is 0 Å². The number of hydrogen-bond acceptors (Lipinski definition) is 5. The summed E-state index contributed by atoms with van der Waals surface area (Å²) in [5.41, 5.74) is 0. The lowest BCUT2D eigenvalue weighted by Gasteiger charge is -2.10. The molecule has 0 spiro atoms. The Balaban J connectivity index is 3.20. The summed E-state index contributed by atoms with van der Waals surface area (Å²) in [5, 5.41) is 2.87. The van der Waals surface area contributed by atoms with Crippen LogP contribution in [0.3, 0.4) is 0 Å². The van der Waals surface area contributed by atoms with Crippen molar-refractivity contribution < 1.29 is 19.1 Å². The lowest BCUT2D eigenvalue weighted by molar-refractivity contribution is -0.122. The predicted molar refractivity (Wildman–Crippen MR) is 68.9 cm³/mol. The third-order valence-corrected chi connectivity index (χ3v) is 2.54. The monoisotopic (exact) mass is 262 g/mol. The molecule has 0 aromatic heterocycles. The maximum Gasteiger partial charge on any atom is 0.222 e. The van der Waals surface area contributed by atoms with Crippen molar-refractivity contribution in [2.45, 2.75) is 26.7 Å². The van der Waals surface area contributed by atoms with E-state index in [-0.39, 0.29) is 5.91 Å². The van der Waals surface area contributed by atoms with E-state index < -0.39 is 0 Å². The molecule has 0 radical (unpaired) electrons. The molecule has 0 aliphatic carbocycles. The fourth-order valence-electron chi connectivity index (χ4n) is 1.11. The van der Waals surface area contributed by atoms with Gasteiger partial charge in [0.2, 0.25) is 5.91 Å². The number of nitrogens with one attached hydrogen (secondary N) is 1. The molecule has 3 N–H and O–H groups in total. The second-order valence-electron chi connectivity index (χ2n) is 4.16. The average molecular weight is 262 g/mol. The third kappa shape index (κ3) is 11.8. The minimum atomic E-state index is 0.0350. The van der Waals surface area contributed by atoms with Crippen molar-refractivity contribution in [2.75, 3.05) is 39.6 Å². The molecule has 18 heavy (non-hydrogen) atoms. The molecule has 0 aliphatic heterocycles. The van der Waals surface area contributed by atoms with Crippen LogP contribution in [0, 0.1) is 5.92 Å². The van der Waals surface area contributed by atoms with Crippen LogP contribution in [-0.4, -0.2) is 45.5 Å². The molecular formula is C12H26N2O4. The molecule has 0 saturated heterocycles. The molecule has 0 saturated carbocycles. The fourth-order valence-corrected chi connectivity index (χ4v) is 1.11. The SMILES string of the molecule is CCC(C)CNC(=O)CCOCCOCCON. The smallest absolute Gasteiger partial charge is 0.222 e. The van der Waals surface area contributed by atoms with E-state index in [1.807, 2.05) is 0 Å². The van der Waals surface area contributed by atoms with Gasteiger partial charge in [0, 0.05) is 13.0 Å². The lowest BCUT2D eigenvalue weighted by Crippen LogP contribution is -2.28. The summed E-state index contributed by atoms with van der Waals surface area (Å²) in [6, 6.07) is 0. The van der Waals surface area contributed by atoms with E-state index in [9.17, 15) is 4.79 Å². The van der Waals surface area contributed by atoms with Gasteiger partial charge in [-0.1, -0.05) is 20.3 Å². The van der Waals surface area contributed by atoms with Crippen LogP contribution in [0.4, 0.5) is 0 Å². The Kier molecular flexibility index (Phi) is 12.3. The minimum Gasteiger partial charge on any atom is -0.379 e. The van der Waals surface area contributed by atoms with Crippen LogP contribution < -0.4 is 11.2 Å². The van der Waals surface area contributed by atoms with Gasteiger partial charge in [-0.25, -0.2) is 5.90 Å². The Hall–Kier alpha value is -0.690. The van der Waals surface area contributed by atoms with E-state index in [2.05, 4.69) is 24.0 Å². The van der Waals surface area contributed by atoms with Crippen molar-refractivity contribution in [1.29, 1.82) is 0 Å². The number of carbonyl (C=O) groups excluding carboxylic acids is 1. The van der Waals surface area contributed by atoms with E-state index in [1.54, 1.807) is 0 Å². The lowest BCUT2D eigenvalue weighted by atomic mass is 10.1. The zero-order valence-electron chi connectivity index (χ0n) is 11.4. The molecule has 6 heteroatoms. The number of amides is 1. The standard InChI is InChI=1S/C12H26N2O4/c1-3-11(2)10-14-12(15)4-5-16-6-7-17-8-9-18-13/h11H,3-10,13H2,1-2H3,(H,14,15). The average Bonchev–Trinajstić information content (AvgIpc) is 2.39.